The van der Waals surface area contributed by atoms with E-state index >= 15 is 0 Å². The molecule has 0 aliphatic rings. The van der Waals surface area contributed by atoms with Gasteiger partial charge in [-0.25, -0.2) is 0 Å². The highest BCUT2D eigenvalue weighted by Crippen LogP contribution is 2.28. The minimum atomic E-state index is 1.21. The van der Waals surface area contributed by atoms with Gasteiger partial charge in [0.25, 0.3) is 0 Å². The number of unbranched alkanes of at least 4 members (excludes halogenated alkanes) is 8. The maximum absolute atomic E-state index is 3.60. The molecule has 0 aliphatic heterocycles. The summed E-state index contributed by atoms with van der Waals surface area (Å²) in [6.07, 6.45) is 15.9. The molecule has 0 radical (unpaired) electrons. The molecule has 0 aliphatic carbocycles. The van der Waals surface area contributed by atoms with Gasteiger partial charge in [0.1, 0.15) is 0 Å². The van der Waals surface area contributed by atoms with Crippen LogP contribution in [0.5, 0.6) is 0 Å². The highest BCUT2D eigenvalue weighted by molar-refractivity contribution is 6.07. The second-order valence-corrected chi connectivity index (χ2v) is 8.21. The quantitative estimate of drug-likeness (QED) is 0.311. The lowest BCUT2D eigenvalue weighted by Gasteiger charge is -2.04. The summed E-state index contributed by atoms with van der Waals surface area (Å²) in [4.78, 5) is 3.60. The average Bonchev–Trinajstić information content (AvgIpc) is 3.05. The van der Waals surface area contributed by atoms with E-state index in [1.807, 2.05) is 0 Å². The molecule has 0 saturated heterocycles. The molecule has 1 aromatic heterocycles. The van der Waals surface area contributed by atoms with Crippen molar-refractivity contribution >= 4 is 21.8 Å². The molecule has 2 aromatic carbocycles. The van der Waals surface area contributed by atoms with E-state index in [2.05, 4.69) is 55.2 Å². The second-order valence-electron chi connectivity index (χ2n) is 8.21. The fraction of sp³-hybridized carbons (Fsp3) is 0.538. The fourth-order valence-electron chi connectivity index (χ4n) is 4.17. The molecule has 27 heavy (non-hydrogen) atoms. The Labute approximate surface area is 165 Å². The first-order valence-electron chi connectivity index (χ1n) is 11.3. The Kier molecular flexibility index (Phi) is 7.80. The number of rotatable bonds is 12. The van der Waals surface area contributed by atoms with Crippen molar-refractivity contribution in [2.45, 2.75) is 90.9 Å². The molecule has 3 aromatic rings. The van der Waals surface area contributed by atoms with Crippen LogP contribution >= 0.6 is 0 Å². The van der Waals surface area contributed by atoms with Crippen molar-refractivity contribution in [1.82, 2.24) is 4.98 Å². The predicted octanol–water partition coefficient (Wildman–Crippen LogP) is 8.35. The van der Waals surface area contributed by atoms with Crippen LogP contribution in [0.1, 0.15) is 89.2 Å². The largest absolute Gasteiger partial charge is 0.355 e. The van der Waals surface area contributed by atoms with Crippen molar-refractivity contribution in [1.29, 1.82) is 0 Å². The molecular weight excluding hydrogens is 326 g/mol. The molecule has 0 atom stereocenters. The van der Waals surface area contributed by atoms with Gasteiger partial charge in [-0.05, 0) is 61.1 Å². The van der Waals surface area contributed by atoms with Crippen LogP contribution < -0.4 is 0 Å². The molecule has 0 fully saturated rings. The molecule has 0 amide bonds. The molecule has 3 rings (SSSR count). The fourth-order valence-corrected chi connectivity index (χ4v) is 4.17. The molecule has 0 unspecified atom stereocenters. The zero-order valence-corrected chi connectivity index (χ0v) is 17.4. The number of aromatic nitrogens is 1. The number of hydrogen-bond acceptors (Lipinski definition) is 0. The molecule has 0 bridgehead atoms. The monoisotopic (exact) mass is 363 g/mol. The first-order valence-corrected chi connectivity index (χ1v) is 11.3. The molecule has 1 heterocycles. The summed E-state index contributed by atoms with van der Waals surface area (Å²) in [5, 5.41) is 2.81. The number of aromatic amines is 1. The van der Waals surface area contributed by atoms with Gasteiger partial charge in [0.05, 0.1) is 0 Å². The summed E-state index contributed by atoms with van der Waals surface area (Å²) in [6, 6.07) is 14.0. The van der Waals surface area contributed by atoms with Crippen molar-refractivity contribution in [2.24, 2.45) is 0 Å². The third-order valence-corrected chi connectivity index (χ3v) is 5.87. The molecule has 1 N–H and O–H groups in total. The van der Waals surface area contributed by atoms with Crippen LogP contribution in [-0.2, 0) is 12.8 Å². The van der Waals surface area contributed by atoms with Crippen LogP contribution in [-0.4, -0.2) is 4.98 Å². The molecule has 146 valence electrons. The van der Waals surface area contributed by atoms with Gasteiger partial charge < -0.3 is 4.98 Å². The van der Waals surface area contributed by atoms with Gasteiger partial charge in [-0.3, -0.25) is 0 Å². The standard InChI is InChI=1S/C26H37N/c1-3-5-7-9-11-13-21-15-17-25-23(19-21)24-20-22(16-18-26(24)27-25)14-12-10-8-6-4-2/h15-20,27H,3-14H2,1-2H3. The van der Waals surface area contributed by atoms with E-state index < -0.39 is 0 Å². The van der Waals surface area contributed by atoms with Gasteiger partial charge in [-0.15, -0.1) is 0 Å². The Morgan fingerprint density at radius 1 is 0.556 bits per heavy atom. The normalized spacial score (nSPS) is 11.6. The van der Waals surface area contributed by atoms with Crippen LogP contribution in [0.4, 0.5) is 0 Å². The van der Waals surface area contributed by atoms with E-state index in [-0.39, 0.29) is 0 Å². The van der Waals surface area contributed by atoms with Gasteiger partial charge >= 0.3 is 0 Å². The van der Waals surface area contributed by atoms with Gasteiger partial charge in [0.2, 0.25) is 0 Å². The third-order valence-electron chi connectivity index (χ3n) is 5.87. The van der Waals surface area contributed by atoms with E-state index in [9.17, 15) is 0 Å². The first kappa shape index (κ1) is 20.0. The molecule has 0 saturated carbocycles. The number of hydrogen-bond donors (Lipinski definition) is 1. The molecule has 0 spiro atoms. The number of nitrogens with one attached hydrogen (secondary N) is 1. The molecular formula is C26H37N. The smallest absolute Gasteiger partial charge is 0.0465 e. The van der Waals surface area contributed by atoms with Crippen molar-refractivity contribution in [2.75, 3.05) is 0 Å². The summed E-state index contributed by atoms with van der Waals surface area (Å²) in [5.41, 5.74) is 5.54. The van der Waals surface area contributed by atoms with Crippen LogP contribution in [0.3, 0.4) is 0 Å². The average molecular weight is 364 g/mol. The van der Waals surface area contributed by atoms with Gasteiger partial charge in [-0.1, -0.05) is 77.3 Å². The lowest BCUT2D eigenvalue weighted by atomic mass is 10.0. The summed E-state index contributed by atoms with van der Waals surface area (Å²) >= 11 is 0. The summed E-state index contributed by atoms with van der Waals surface area (Å²) in [5.74, 6) is 0. The maximum Gasteiger partial charge on any atom is 0.0465 e. The Bertz CT molecular complexity index is 758. The van der Waals surface area contributed by atoms with E-state index in [1.54, 1.807) is 0 Å². The van der Waals surface area contributed by atoms with Crippen molar-refractivity contribution in [3.05, 3.63) is 47.5 Å². The lowest BCUT2D eigenvalue weighted by molar-refractivity contribution is 0.632. The number of aryl methyl sites for hydroxylation is 2. The van der Waals surface area contributed by atoms with Crippen molar-refractivity contribution < 1.29 is 0 Å². The maximum atomic E-state index is 3.60. The Hall–Kier alpha value is -1.76. The third kappa shape index (κ3) is 5.61. The Balaban J connectivity index is 1.68. The Morgan fingerprint density at radius 2 is 1.00 bits per heavy atom. The van der Waals surface area contributed by atoms with Crippen molar-refractivity contribution in [3.8, 4) is 0 Å². The van der Waals surface area contributed by atoms with Crippen LogP contribution in [0.25, 0.3) is 21.8 Å². The van der Waals surface area contributed by atoms with E-state index in [1.165, 1.54) is 110 Å². The molecule has 1 heteroatoms. The van der Waals surface area contributed by atoms with Crippen molar-refractivity contribution in [3.63, 3.8) is 0 Å². The topological polar surface area (TPSA) is 15.8 Å². The summed E-state index contributed by atoms with van der Waals surface area (Å²) in [7, 11) is 0. The Morgan fingerprint density at radius 3 is 1.44 bits per heavy atom. The predicted molar refractivity (Wildman–Crippen MR) is 121 cm³/mol. The lowest BCUT2D eigenvalue weighted by Crippen LogP contribution is -1.87. The SMILES string of the molecule is CCCCCCCc1ccc2[nH]c3ccc(CCCCCCC)cc3c2c1. The van der Waals surface area contributed by atoms with Gasteiger partial charge in [-0.2, -0.15) is 0 Å². The first-order chi connectivity index (χ1) is 13.3. The zero-order chi connectivity index (χ0) is 18.9. The minimum absolute atomic E-state index is 1.21. The van der Waals surface area contributed by atoms with E-state index in [0.29, 0.717) is 0 Å². The highest BCUT2D eigenvalue weighted by Gasteiger charge is 2.06. The van der Waals surface area contributed by atoms with Crippen LogP contribution in [0.15, 0.2) is 36.4 Å². The van der Waals surface area contributed by atoms with Crippen LogP contribution in [0.2, 0.25) is 0 Å². The van der Waals surface area contributed by atoms with E-state index in [0.717, 1.165) is 0 Å². The van der Waals surface area contributed by atoms with E-state index in [4.69, 9.17) is 0 Å². The number of fused-ring (bicyclic) bond motifs is 3. The zero-order valence-electron chi connectivity index (χ0n) is 17.4. The van der Waals surface area contributed by atoms with Crippen LogP contribution in [0, 0.1) is 0 Å². The highest BCUT2D eigenvalue weighted by atomic mass is 14.7. The summed E-state index contributed by atoms with van der Waals surface area (Å²) in [6.45, 7) is 4.56. The number of benzene rings is 2. The second kappa shape index (κ2) is 10.5. The van der Waals surface area contributed by atoms with Gasteiger partial charge in [0, 0.05) is 21.8 Å². The number of H-pyrrole nitrogens is 1. The van der Waals surface area contributed by atoms with Gasteiger partial charge in [0.15, 0.2) is 0 Å². The molecule has 1 nitrogen and oxygen atoms in total. The minimum Gasteiger partial charge on any atom is -0.355 e. The summed E-state index contributed by atoms with van der Waals surface area (Å²) < 4.78 is 0.